The molecule has 0 aliphatic carbocycles. The lowest BCUT2D eigenvalue weighted by molar-refractivity contribution is 0.0482. The highest BCUT2D eigenvalue weighted by Gasteiger charge is 2.17. The SMILES string of the molecule is Cc1cc(Cl)c(O)c(Cc2ccc(C(=O)OCCC3CCCCN3)c(O)c2)c1. The number of piperidine rings is 1. The Bertz CT molecular complexity index is 847. The van der Waals surface area contributed by atoms with Gasteiger partial charge in [-0.05, 0) is 62.1 Å². The molecule has 1 aliphatic rings. The molecule has 3 N–H and O–H groups in total. The first-order valence-corrected chi connectivity index (χ1v) is 10.0. The molecule has 150 valence electrons. The molecule has 0 aromatic heterocycles. The highest BCUT2D eigenvalue weighted by Crippen LogP contribution is 2.31. The van der Waals surface area contributed by atoms with Crippen molar-refractivity contribution in [2.75, 3.05) is 13.2 Å². The third-order valence-electron chi connectivity index (χ3n) is 5.08. The zero-order valence-electron chi connectivity index (χ0n) is 16.0. The highest BCUT2D eigenvalue weighted by molar-refractivity contribution is 6.32. The molecule has 1 fully saturated rings. The number of ether oxygens (including phenoxy) is 1. The van der Waals surface area contributed by atoms with Gasteiger partial charge in [0, 0.05) is 18.0 Å². The van der Waals surface area contributed by atoms with Gasteiger partial charge in [0.25, 0.3) is 0 Å². The topological polar surface area (TPSA) is 78.8 Å². The van der Waals surface area contributed by atoms with Gasteiger partial charge in [0.15, 0.2) is 0 Å². The van der Waals surface area contributed by atoms with Crippen molar-refractivity contribution in [3.05, 3.63) is 57.6 Å². The third-order valence-corrected chi connectivity index (χ3v) is 5.36. The summed E-state index contributed by atoms with van der Waals surface area (Å²) in [4.78, 5) is 12.3. The molecule has 1 unspecified atom stereocenters. The van der Waals surface area contributed by atoms with Crippen molar-refractivity contribution in [2.24, 2.45) is 0 Å². The summed E-state index contributed by atoms with van der Waals surface area (Å²) in [7, 11) is 0. The van der Waals surface area contributed by atoms with Crippen LogP contribution in [0, 0.1) is 6.92 Å². The van der Waals surface area contributed by atoms with Crippen molar-refractivity contribution in [2.45, 2.75) is 45.1 Å². The summed E-state index contributed by atoms with van der Waals surface area (Å²) >= 11 is 6.02. The summed E-state index contributed by atoms with van der Waals surface area (Å²) in [5, 5.41) is 24.1. The Hall–Kier alpha value is -2.24. The van der Waals surface area contributed by atoms with Crippen molar-refractivity contribution in [3.63, 3.8) is 0 Å². The second-order valence-electron chi connectivity index (χ2n) is 7.35. The van der Waals surface area contributed by atoms with Crippen LogP contribution < -0.4 is 5.32 Å². The number of phenols is 2. The lowest BCUT2D eigenvalue weighted by atomic mass is 10.0. The van der Waals surface area contributed by atoms with E-state index < -0.39 is 5.97 Å². The molecule has 0 bridgehead atoms. The molecule has 2 aromatic rings. The number of esters is 1. The number of carbonyl (C=O) groups excluding carboxylic acids is 1. The quantitative estimate of drug-likeness (QED) is 0.625. The maximum Gasteiger partial charge on any atom is 0.341 e. The van der Waals surface area contributed by atoms with Crippen molar-refractivity contribution >= 4 is 17.6 Å². The van der Waals surface area contributed by atoms with Gasteiger partial charge in [-0.1, -0.05) is 30.2 Å². The van der Waals surface area contributed by atoms with Crippen LogP contribution in [0.5, 0.6) is 11.5 Å². The average Bonchev–Trinajstić information content (AvgIpc) is 2.66. The number of aryl methyl sites for hydroxylation is 1. The van der Waals surface area contributed by atoms with Crippen LogP contribution >= 0.6 is 11.6 Å². The smallest absolute Gasteiger partial charge is 0.341 e. The normalized spacial score (nSPS) is 16.7. The van der Waals surface area contributed by atoms with E-state index >= 15 is 0 Å². The van der Waals surface area contributed by atoms with Gasteiger partial charge in [0.05, 0.1) is 11.6 Å². The lowest BCUT2D eigenvalue weighted by Crippen LogP contribution is -2.35. The fourth-order valence-corrected chi connectivity index (χ4v) is 3.86. The molecule has 1 heterocycles. The Kier molecular flexibility index (Phi) is 6.81. The predicted molar refractivity (Wildman–Crippen MR) is 109 cm³/mol. The monoisotopic (exact) mass is 403 g/mol. The van der Waals surface area contributed by atoms with Crippen molar-refractivity contribution in [1.82, 2.24) is 5.32 Å². The second kappa shape index (κ2) is 9.30. The van der Waals surface area contributed by atoms with Crippen LogP contribution in [0.25, 0.3) is 0 Å². The molecule has 28 heavy (non-hydrogen) atoms. The largest absolute Gasteiger partial charge is 0.507 e. The van der Waals surface area contributed by atoms with Crippen LogP contribution in [0.15, 0.2) is 30.3 Å². The van der Waals surface area contributed by atoms with Crippen LogP contribution in [0.2, 0.25) is 5.02 Å². The second-order valence-corrected chi connectivity index (χ2v) is 7.76. The van der Waals surface area contributed by atoms with Gasteiger partial charge < -0.3 is 20.3 Å². The first-order chi connectivity index (χ1) is 13.4. The number of rotatable bonds is 6. The van der Waals surface area contributed by atoms with Crippen LogP contribution in [0.3, 0.4) is 0 Å². The van der Waals surface area contributed by atoms with Gasteiger partial charge in [0.2, 0.25) is 0 Å². The molecule has 0 spiro atoms. The number of halogens is 1. The highest BCUT2D eigenvalue weighted by atomic mass is 35.5. The maximum absolute atomic E-state index is 12.3. The molecule has 5 nitrogen and oxygen atoms in total. The minimum Gasteiger partial charge on any atom is -0.507 e. The third kappa shape index (κ3) is 5.18. The minimum atomic E-state index is -0.527. The molecule has 1 aliphatic heterocycles. The zero-order valence-corrected chi connectivity index (χ0v) is 16.8. The van der Waals surface area contributed by atoms with E-state index in [4.69, 9.17) is 16.3 Å². The van der Waals surface area contributed by atoms with Gasteiger partial charge in [-0.3, -0.25) is 0 Å². The van der Waals surface area contributed by atoms with Crippen molar-refractivity contribution in [3.8, 4) is 11.5 Å². The van der Waals surface area contributed by atoms with Crippen LogP contribution in [-0.2, 0) is 11.2 Å². The Morgan fingerprint density at radius 2 is 2.07 bits per heavy atom. The Morgan fingerprint density at radius 3 is 2.79 bits per heavy atom. The number of carbonyl (C=O) groups is 1. The van der Waals surface area contributed by atoms with E-state index in [0.29, 0.717) is 29.7 Å². The molecule has 0 radical (unpaired) electrons. The predicted octanol–water partition coefficient (Wildman–Crippen LogP) is 4.34. The Morgan fingerprint density at radius 1 is 1.25 bits per heavy atom. The van der Waals surface area contributed by atoms with E-state index in [2.05, 4.69) is 5.32 Å². The number of nitrogens with one attached hydrogen (secondary N) is 1. The van der Waals surface area contributed by atoms with E-state index in [9.17, 15) is 15.0 Å². The fourth-order valence-electron chi connectivity index (χ4n) is 3.56. The van der Waals surface area contributed by atoms with Gasteiger partial charge in [0.1, 0.15) is 17.1 Å². The summed E-state index contributed by atoms with van der Waals surface area (Å²) in [5.74, 6) is -0.621. The first kappa shape index (κ1) is 20.5. The Balaban J connectivity index is 1.61. The maximum atomic E-state index is 12.3. The van der Waals surface area contributed by atoms with Crippen LogP contribution in [-0.4, -0.2) is 35.4 Å². The van der Waals surface area contributed by atoms with E-state index in [1.807, 2.05) is 13.0 Å². The summed E-state index contributed by atoms with van der Waals surface area (Å²) in [5.41, 5.74) is 2.51. The van der Waals surface area contributed by atoms with Gasteiger partial charge in [-0.15, -0.1) is 0 Å². The fraction of sp³-hybridized carbons (Fsp3) is 0.409. The van der Waals surface area contributed by atoms with Crippen molar-refractivity contribution in [1.29, 1.82) is 0 Å². The molecule has 1 saturated heterocycles. The Labute approximate surface area is 170 Å². The van der Waals surface area contributed by atoms with E-state index in [-0.39, 0.29) is 17.1 Å². The number of aromatic hydroxyl groups is 2. The molecular formula is C22H26ClNO4. The number of hydrogen-bond acceptors (Lipinski definition) is 5. The van der Waals surface area contributed by atoms with Crippen LogP contribution in [0.4, 0.5) is 0 Å². The molecule has 1 atom stereocenters. The van der Waals surface area contributed by atoms with E-state index in [1.54, 1.807) is 18.2 Å². The summed E-state index contributed by atoms with van der Waals surface area (Å²) in [6.07, 6.45) is 4.67. The number of hydrogen-bond donors (Lipinski definition) is 3. The molecule has 2 aromatic carbocycles. The first-order valence-electron chi connectivity index (χ1n) is 9.64. The zero-order chi connectivity index (χ0) is 20.1. The van der Waals surface area contributed by atoms with Crippen LogP contribution in [0.1, 0.15) is 52.7 Å². The molecule has 0 amide bonds. The number of benzene rings is 2. The van der Waals surface area contributed by atoms with E-state index in [0.717, 1.165) is 30.5 Å². The lowest BCUT2D eigenvalue weighted by Gasteiger charge is -2.23. The van der Waals surface area contributed by atoms with Gasteiger partial charge >= 0.3 is 5.97 Å². The minimum absolute atomic E-state index is 0.0339. The summed E-state index contributed by atoms with van der Waals surface area (Å²) in [6.45, 7) is 3.24. The molecular weight excluding hydrogens is 378 g/mol. The standard InChI is InChI=1S/C22H26ClNO4/c1-14-10-16(21(26)19(23)11-14)12-15-5-6-18(20(25)13-15)22(27)28-9-7-17-4-2-3-8-24-17/h5-6,10-11,13,17,24-26H,2-4,7-9,12H2,1H3. The summed E-state index contributed by atoms with van der Waals surface area (Å²) in [6, 6.07) is 8.76. The van der Waals surface area contributed by atoms with Gasteiger partial charge in [-0.25, -0.2) is 4.79 Å². The molecule has 6 heteroatoms. The number of phenolic OH excluding ortho intramolecular Hbond substituents is 2. The van der Waals surface area contributed by atoms with Crippen molar-refractivity contribution < 1.29 is 19.7 Å². The molecule has 3 rings (SSSR count). The molecule has 0 saturated carbocycles. The summed E-state index contributed by atoms with van der Waals surface area (Å²) < 4.78 is 5.32. The van der Waals surface area contributed by atoms with E-state index in [1.165, 1.54) is 18.9 Å². The van der Waals surface area contributed by atoms with Gasteiger partial charge in [-0.2, -0.15) is 0 Å². The average molecular weight is 404 g/mol.